The van der Waals surface area contributed by atoms with Crippen molar-refractivity contribution in [3.63, 3.8) is 0 Å². The molecule has 2 aliphatic heterocycles. The molecule has 4 rings (SSSR count). The fourth-order valence-corrected chi connectivity index (χ4v) is 6.00. The molecule has 1 N–H and O–H groups in total. The summed E-state index contributed by atoms with van der Waals surface area (Å²) in [7, 11) is 0. The first kappa shape index (κ1) is 26.0. The Morgan fingerprint density at radius 3 is 2.51 bits per heavy atom. The highest BCUT2D eigenvalue weighted by Crippen LogP contribution is 2.44. The number of alkyl halides is 3. The summed E-state index contributed by atoms with van der Waals surface area (Å²) in [6.45, 7) is 4.12. The number of nitrogens with zero attached hydrogens (tertiary/aromatic N) is 3. The molecular formula is C25H32F4N4OS. The van der Waals surface area contributed by atoms with Crippen molar-refractivity contribution in [2.75, 3.05) is 48.5 Å². The Labute approximate surface area is 208 Å². The van der Waals surface area contributed by atoms with Crippen LogP contribution >= 0.6 is 11.8 Å². The lowest BCUT2D eigenvalue weighted by atomic mass is 9.82. The van der Waals surface area contributed by atoms with Crippen molar-refractivity contribution >= 4 is 23.4 Å². The van der Waals surface area contributed by atoms with E-state index < -0.39 is 23.5 Å². The molecule has 0 spiro atoms. The summed E-state index contributed by atoms with van der Waals surface area (Å²) in [5.41, 5.74) is -1.10. The third-order valence-electron chi connectivity index (χ3n) is 6.98. The molecule has 192 valence electrons. The van der Waals surface area contributed by atoms with Crippen LogP contribution < -0.4 is 10.2 Å². The van der Waals surface area contributed by atoms with Gasteiger partial charge in [0.1, 0.15) is 12.0 Å². The minimum atomic E-state index is -2.97. The van der Waals surface area contributed by atoms with Crippen LogP contribution in [0.3, 0.4) is 0 Å². The minimum absolute atomic E-state index is 0.00432. The van der Waals surface area contributed by atoms with E-state index in [0.29, 0.717) is 25.3 Å². The molecule has 0 bridgehead atoms. The van der Waals surface area contributed by atoms with Crippen LogP contribution in [-0.4, -0.2) is 53.9 Å². The number of anilines is 2. The summed E-state index contributed by atoms with van der Waals surface area (Å²) in [6, 6.07) is 5.25. The van der Waals surface area contributed by atoms with E-state index in [4.69, 9.17) is 4.74 Å². The lowest BCUT2D eigenvalue weighted by Gasteiger charge is -2.37. The van der Waals surface area contributed by atoms with E-state index in [-0.39, 0.29) is 35.6 Å². The van der Waals surface area contributed by atoms with Crippen molar-refractivity contribution in [2.45, 2.75) is 50.7 Å². The number of rotatable bonds is 8. The van der Waals surface area contributed by atoms with Gasteiger partial charge in [-0.2, -0.15) is 16.2 Å². The molecule has 0 amide bonds. The Morgan fingerprint density at radius 1 is 1.20 bits per heavy atom. The first-order chi connectivity index (χ1) is 16.5. The highest BCUT2D eigenvalue weighted by molar-refractivity contribution is 7.98. The Bertz CT molecular complexity index is 1000. The zero-order valence-corrected chi connectivity index (χ0v) is 21.1. The highest BCUT2D eigenvalue weighted by atomic mass is 32.2. The molecule has 35 heavy (non-hydrogen) atoms. The van der Waals surface area contributed by atoms with Gasteiger partial charge < -0.3 is 15.0 Å². The number of ether oxygens (including phenoxy) is 1. The van der Waals surface area contributed by atoms with Crippen molar-refractivity contribution in [3.05, 3.63) is 47.5 Å². The summed E-state index contributed by atoms with van der Waals surface area (Å²) in [5, 5.41) is 3.17. The van der Waals surface area contributed by atoms with Gasteiger partial charge in [0.25, 0.3) is 5.92 Å². The van der Waals surface area contributed by atoms with Crippen LogP contribution in [-0.2, 0) is 10.7 Å². The van der Waals surface area contributed by atoms with Crippen molar-refractivity contribution in [1.29, 1.82) is 0 Å². The number of aromatic nitrogens is 2. The molecule has 3 heterocycles. The topological polar surface area (TPSA) is 50.3 Å². The predicted molar refractivity (Wildman–Crippen MR) is 132 cm³/mol. The van der Waals surface area contributed by atoms with Crippen molar-refractivity contribution in [2.24, 2.45) is 5.41 Å². The highest BCUT2D eigenvalue weighted by Gasteiger charge is 2.44. The first-order valence-electron chi connectivity index (χ1n) is 11.8. The van der Waals surface area contributed by atoms with Gasteiger partial charge >= 0.3 is 0 Å². The van der Waals surface area contributed by atoms with E-state index in [1.54, 1.807) is 28.8 Å². The SMILES string of the molecule is CSCC1(CNc2ncnc(N3CC(C)(F)CC3c3ccc(C(C)(F)F)cc3)c2F)CCOCC1. The summed E-state index contributed by atoms with van der Waals surface area (Å²) in [4.78, 5) is 9.85. The smallest absolute Gasteiger partial charge is 0.270 e. The second-order valence-electron chi connectivity index (χ2n) is 10.0. The number of benzene rings is 1. The maximum atomic E-state index is 15.7. The van der Waals surface area contributed by atoms with Crippen LogP contribution in [0.15, 0.2) is 30.6 Å². The molecule has 0 radical (unpaired) electrons. The molecule has 0 saturated carbocycles. The molecule has 2 aromatic rings. The van der Waals surface area contributed by atoms with Gasteiger partial charge in [-0.3, -0.25) is 0 Å². The fraction of sp³-hybridized carbons (Fsp3) is 0.600. The third kappa shape index (κ3) is 5.85. The van der Waals surface area contributed by atoms with Crippen LogP contribution in [0.1, 0.15) is 50.3 Å². The fourth-order valence-electron chi connectivity index (χ4n) is 5.00. The van der Waals surface area contributed by atoms with E-state index in [9.17, 15) is 8.78 Å². The summed E-state index contributed by atoms with van der Waals surface area (Å²) >= 11 is 1.75. The zero-order valence-electron chi connectivity index (χ0n) is 20.3. The maximum Gasteiger partial charge on any atom is 0.270 e. The molecule has 2 aliphatic rings. The molecule has 5 nitrogen and oxygen atoms in total. The van der Waals surface area contributed by atoms with Gasteiger partial charge in [0.2, 0.25) is 5.82 Å². The van der Waals surface area contributed by atoms with Crippen LogP contribution in [0.5, 0.6) is 0 Å². The minimum Gasteiger partial charge on any atom is -0.381 e. The summed E-state index contributed by atoms with van der Waals surface area (Å²) < 4.78 is 63.6. The first-order valence-corrected chi connectivity index (χ1v) is 13.2. The molecule has 0 aliphatic carbocycles. The monoisotopic (exact) mass is 512 g/mol. The Kier molecular flexibility index (Phi) is 7.52. The number of nitrogens with one attached hydrogen (secondary N) is 1. The van der Waals surface area contributed by atoms with Gasteiger partial charge in [0.15, 0.2) is 11.6 Å². The molecular weight excluding hydrogens is 480 g/mol. The number of halogens is 4. The molecule has 2 unspecified atom stereocenters. The van der Waals surface area contributed by atoms with Gasteiger partial charge in [-0.25, -0.2) is 23.1 Å². The quantitative estimate of drug-likeness (QED) is 0.439. The normalized spacial score (nSPS) is 24.5. The van der Waals surface area contributed by atoms with E-state index in [1.165, 1.54) is 25.4 Å². The third-order valence-corrected chi connectivity index (χ3v) is 7.88. The zero-order chi connectivity index (χ0) is 25.3. The van der Waals surface area contributed by atoms with Gasteiger partial charge in [0, 0.05) is 49.8 Å². The van der Waals surface area contributed by atoms with Gasteiger partial charge in [-0.05, 0) is 31.6 Å². The Hall–Kier alpha value is -2.07. The van der Waals surface area contributed by atoms with Gasteiger partial charge in [0.05, 0.1) is 12.6 Å². The van der Waals surface area contributed by atoms with Gasteiger partial charge in [-0.15, -0.1) is 0 Å². The molecule has 2 fully saturated rings. The average Bonchev–Trinajstić information content (AvgIpc) is 3.14. The number of hydrogen-bond acceptors (Lipinski definition) is 6. The number of hydrogen-bond donors (Lipinski definition) is 1. The summed E-state index contributed by atoms with van der Waals surface area (Å²) in [6.07, 6.45) is 5.18. The molecule has 1 aromatic carbocycles. The number of thioether (sulfide) groups is 1. The summed E-state index contributed by atoms with van der Waals surface area (Å²) in [5.74, 6) is -2.61. The van der Waals surface area contributed by atoms with Crippen molar-refractivity contribution < 1.29 is 22.3 Å². The van der Waals surface area contributed by atoms with Crippen LogP contribution in [0.4, 0.5) is 29.2 Å². The second-order valence-corrected chi connectivity index (χ2v) is 10.9. The second kappa shape index (κ2) is 10.1. The Balaban J connectivity index is 1.59. The van der Waals surface area contributed by atoms with E-state index in [1.807, 2.05) is 0 Å². The molecule has 2 saturated heterocycles. The van der Waals surface area contributed by atoms with E-state index in [0.717, 1.165) is 25.5 Å². The maximum absolute atomic E-state index is 15.7. The van der Waals surface area contributed by atoms with E-state index in [2.05, 4.69) is 21.5 Å². The largest absolute Gasteiger partial charge is 0.381 e. The standard InChI is InChI=1S/C25H32F4N4OS/c1-23(27)12-19(17-4-6-18(7-5-17)24(2,28)29)33(14-23)22-20(26)21(31-16-32-22)30-13-25(15-35-3)8-10-34-11-9-25/h4-7,16,19H,8-15H2,1-3H3,(H,30,31,32). The van der Waals surface area contributed by atoms with Crippen molar-refractivity contribution in [3.8, 4) is 0 Å². The van der Waals surface area contributed by atoms with Crippen LogP contribution in [0.25, 0.3) is 0 Å². The van der Waals surface area contributed by atoms with Crippen LogP contribution in [0, 0.1) is 11.2 Å². The van der Waals surface area contributed by atoms with E-state index >= 15 is 8.78 Å². The average molecular weight is 513 g/mol. The lowest BCUT2D eigenvalue weighted by molar-refractivity contribution is 0.0174. The molecule has 10 heteroatoms. The van der Waals surface area contributed by atoms with Crippen LogP contribution in [0.2, 0.25) is 0 Å². The van der Waals surface area contributed by atoms with Gasteiger partial charge in [-0.1, -0.05) is 24.3 Å². The molecule has 2 atom stereocenters. The lowest BCUT2D eigenvalue weighted by Crippen LogP contribution is -2.38. The Morgan fingerprint density at radius 2 is 1.89 bits per heavy atom. The predicted octanol–water partition coefficient (Wildman–Crippen LogP) is 5.98. The molecule has 1 aromatic heterocycles. The van der Waals surface area contributed by atoms with Crippen molar-refractivity contribution in [1.82, 2.24) is 9.97 Å².